The monoisotopic (exact) mass is 214 g/mol. The zero-order valence-electron chi connectivity index (χ0n) is 9.14. The molecule has 0 fully saturated rings. The van der Waals surface area contributed by atoms with Gasteiger partial charge in [-0.2, -0.15) is 0 Å². The molecule has 1 rings (SSSR count). The van der Waals surface area contributed by atoms with Crippen LogP contribution in [-0.2, 0) is 9.53 Å². The molecule has 0 heterocycles. The van der Waals surface area contributed by atoms with Crippen LogP contribution in [0.5, 0.6) is 0 Å². The molecule has 1 aliphatic carbocycles. The van der Waals surface area contributed by atoms with Gasteiger partial charge >= 0.3 is 5.97 Å². The van der Waals surface area contributed by atoms with Gasteiger partial charge in [-0.25, -0.2) is 0 Å². The third kappa shape index (κ3) is 2.21. The highest BCUT2D eigenvalue weighted by molar-refractivity contribution is 5.77. The molecule has 0 saturated carbocycles. The molecule has 0 saturated heterocycles. The second-order valence-corrected chi connectivity index (χ2v) is 4.23. The quantitative estimate of drug-likeness (QED) is 0.525. The topological polar surface area (TPSA) is 66.8 Å². The standard InChI is InChI=1S/C11H18O4/c1-11(10(14)15-2)5-8(6-12)3-4-9(11)7-13/h3-4,8-9,12-13H,5-7H2,1-2H3/t8-,9-,11+/m0/s1. The van der Waals surface area contributed by atoms with Crippen molar-refractivity contribution in [1.82, 2.24) is 0 Å². The summed E-state index contributed by atoms with van der Waals surface area (Å²) >= 11 is 0. The molecule has 4 heteroatoms. The van der Waals surface area contributed by atoms with Crippen LogP contribution >= 0.6 is 0 Å². The number of ether oxygens (including phenoxy) is 1. The lowest BCUT2D eigenvalue weighted by Gasteiger charge is -2.37. The van der Waals surface area contributed by atoms with Crippen LogP contribution in [0.2, 0.25) is 0 Å². The predicted molar refractivity (Wildman–Crippen MR) is 55.0 cm³/mol. The van der Waals surface area contributed by atoms with Gasteiger partial charge in [0.25, 0.3) is 0 Å². The Bertz CT molecular complexity index is 261. The summed E-state index contributed by atoms with van der Waals surface area (Å²) in [6.45, 7) is 1.70. The molecular weight excluding hydrogens is 196 g/mol. The molecule has 0 bridgehead atoms. The molecule has 0 spiro atoms. The van der Waals surface area contributed by atoms with E-state index in [1.807, 2.05) is 6.08 Å². The fourth-order valence-electron chi connectivity index (χ4n) is 2.12. The number of aliphatic hydroxyl groups excluding tert-OH is 2. The van der Waals surface area contributed by atoms with Gasteiger partial charge in [0.05, 0.1) is 19.1 Å². The smallest absolute Gasteiger partial charge is 0.312 e. The van der Waals surface area contributed by atoms with Crippen molar-refractivity contribution in [2.45, 2.75) is 13.3 Å². The average Bonchev–Trinajstić information content (AvgIpc) is 2.27. The van der Waals surface area contributed by atoms with Gasteiger partial charge in [0.2, 0.25) is 0 Å². The molecule has 4 nitrogen and oxygen atoms in total. The summed E-state index contributed by atoms with van der Waals surface area (Å²) in [5.41, 5.74) is -0.731. The van der Waals surface area contributed by atoms with E-state index in [-0.39, 0.29) is 31.0 Å². The molecule has 3 atom stereocenters. The maximum Gasteiger partial charge on any atom is 0.312 e. The molecule has 86 valence electrons. The minimum Gasteiger partial charge on any atom is -0.469 e. The Hall–Kier alpha value is -0.870. The van der Waals surface area contributed by atoms with Gasteiger partial charge in [-0.1, -0.05) is 12.2 Å². The Balaban J connectivity index is 2.93. The van der Waals surface area contributed by atoms with Crippen LogP contribution in [0.4, 0.5) is 0 Å². The van der Waals surface area contributed by atoms with Crippen LogP contribution in [0.15, 0.2) is 12.2 Å². The van der Waals surface area contributed by atoms with E-state index in [0.717, 1.165) is 0 Å². The molecule has 0 amide bonds. The molecule has 15 heavy (non-hydrogen) atoms. The van der Waals surface area contributed by atoms with E-state index in [0.29, 0.717) is 6.42 Å². The summed E-state index contributed by atoms with van der Waals surface area (Å²) in [5, 5.41) is 18.3. The molecule has 0 aromatic rings. The lowest BCUT2D eigenvalue weighted by Crippen LogP contribution is -2.42. The SMILES string of the molecule is COC(=O)[C@]1(C)C[C@@H](CO)C=C[C@H]1CO. The summed E-state index contributed by atoms with van der Waals surface area (Å²) in [6, 6.07) is 0. The van der Waals surface area contributed by atoms with Crippen molar-refractivity contribution in [2.24, 2.45) is 17.3 Å². The Morgan fingerprint density at radius 3 is 2.60 bits per heavy atom. The van der Waals surface area contributed by atoms with Crippen LogP contribution in [0.25, 0.3) is 0 Å². The highest BCUT2D eigenvalue weighted by Gasteiger charge is 2.44. The Morgan fingerprint density at radius 2 is 2.13 bits per heavy atom. The highest BCUT2D eigenvalue weighted by Crippen LogP contribution is 2.40. The van der Waals surface area contributed by atoms with Crippen molar-refractivity contribution in [1.29, 1.82) is 0 Å². The molecule has 0 unspecified atom stereocenters. The lowest BCUT2D eigenvalue weighted by atomic mass is 9.68. The van der Waals surface area contributed by atoms with E-state index in [1.54, 1.807) is 13.0 Å². The van der Waals surface area contributed by atoms with E-state index in [2.05, 4.69) is 0 Å². The third-order valence-corrected chi connectivity index (χ3v) is 3.20. The lowest BCUT2D eigenvalue weighted by molar-refractivity contribution is -0.156. The normalized spacial score (nSPS) is 35.2. The second-order valence-electron chi connectivity index (χ2n) is 4.23. The van der Waals surface area contributed by atoms with E-state index in [9.17, 15) is 9.90 Å². The molecule has 0 aliphatic heterocycles. The summed E-state index contributed by atoms with van der Waals surface area (Å²) < 4.78 is 4.75. The first kappa shape index (κ1) is 12.2. The summed E-state index contributed by atoms with van der Waals surface area (Å²) in [5.74, 6) is -0.589. The number of aliphatic hydroxyl groups is 2. The molecular formula is C11H18O4. The zero-order valence-corrected chi connectivity index (χ0v) is 9.14. The number of carbonyl (C=O) groups excluding carboxylic acids is 1. The molecule has 0 aromatic carbocycles. The van der Waals surface area contributed by atoms with Gasteiger partial charge in [0, 0.05) is 18.4 Å². The number of carbonyl (C=O) groups is 1. The molecule has 2 N–H and O–H groups in total. The fourth-order valence-corrected chi connectivity index (χ4v) is 2.12. The number of rotatable bonds is 3. The van der Waals surface area contributed by atoms with Gasteiger partial charge in [-0.15, -0.1) is 0 Å². The maximum atomic E-state index is 11.7. The van der Waals surface area contributed by atoms with Gasteiger partial charge < -0.3 is 14.9 Å². The highest BCUT2D eigenvalue weighted by atomic mass is 16.5. The largest absolute Gasteiger partial charge is 0.469 e. The van der Waals surface area contributed by atoms with Crippen molar-refractivity contribution < 1.29 is 19.7 Å². The zero-order chi connectivity index (χ0) is 11.5. The van der Waals surface area contributed by atoms with E-state index in [4.69, 9.17) is 9.84 Å². The van der Waals surface area contributed by atoms with Gasteiger partial charge in [0.15, 0.2) is 0 Å². The average molecular weight is 214 g/mol. The van der Waals surface area contributed by atoms with Crippen LogP contribution < -0.4 is 0 Å². The predicted octanol–water partition coefficient (Wildman–Crippen LogP) is 0.343. The molecule has 0 aromatic heterocycles. The maximum absolute atomic E-state index is 11.7. The Labute approximate surface area is 89.6 Å². The van der Waals surface area contributed by atoms with E-state index >= 15 is 0 Å². The number of hydrogen-bond acceptors (Lipinski definition) is 4. The van der Waals surface area contributed by atoms with Crippen molar-refractivity contribution in [3.8, 4) is 0 Å². The van der Waals surface area contributed by atoms with Crippen molar-refractivity contribution in [3.63, 3.8) is 0 Å². The Kier molecular flexibility index (Phi) is 3.88. The van der Waals surface area contributed by atoms with E-state index < -0.39 is 5.41 Å². The minimum absolute atomic E-state index is 0.0151. The Morgan fingerprint density at radius 1 is 1.47 bits per heavy atom. The second kappa shape index (κ2) is 4.77. The number of methoxy groups -OCH3 is 1. The summed E-state index contributed by atoms with van der Waals surface area (Å²) in [6.07, 6.45) is 4.16. The fraction of sp³-hybridized carbons (Fsp3) is 0.727. The van der Waals surface area contributed by atoms with Crippen LogP contribution in [0.3, 0.4) is 0 Å². The van der Waals surface area contributed by atoms with Gasteiger partial charge in [0.1, 0.15) is 0 Å². The van der Waals surface area contributed by atoms with Gasteiger partial charge in [-0.3, -0.25) is 4.79 Å². The molecule has 1 aliphatic rings. The minimum atomic E-state index is -0.731. The van der Waals surface area contributed by atoms with Crippen LogP contribution in [0, 0.1) is 17.3 Å². The van der Waals surface area contributed by atoms with Crippen LogP contribution in [-0.4, -0.2) is 36.5 Å². The first-order valence-electron chi connectivity index (χ1n) is 5.07. The first-order valence-corrected chi connectivity index (χ1v) is 5.07. The number of esters is 1. The van der Waals surface area contributed by atoms with Crippen molar-refractivity contribution in [2.75, 3.05) is 20.3 Å². The van der Waals surface area contributed by atoms with E-state index in [1.165, 1.54) is 7.11 Å². The third-order valence-electron chi connectivity index (χ3n) is 3.20. The number of hydrogen-bond donors (Lipinski definition) is 2. The summed E-state index contributed by atoms with van der Waals surface area (Å²) in [4.78, 5) is 11.7. The summed E-state index contributed by atoms with van der Waals surface area (Å²) in [7, 11) is 1.34. The molecule has 0 radical (unpaired) electrons. The first-order chi connectivity index (χ1) is 7.08. The van der Waals surface area contributed by atoms with Crippen molar-refractivity contribution in [3.05, 3.63) is 12.2 Å². The van der Waals surface area contributed by atoms with Gasteiger partial charge in [-0.05, 0) is 13.3 Å². The van der Waals surface area contributed by atoms with Crippen molar-refractivity contribution >= 4 is 5.97 Å². The van der Waals surface area contributed by atoms with Crippen LogP contribution in [0.1, 0.15) is 13.3 Å².